The molecule has 4 N–H and O–H groups in total. The minimum Gasteiger partial charge on any atom is -0.465 e. The summed E-state index contributed by atoms with van der Waals surface area (Å²) >= 11 is 0. The van der Waals surface area contributed by atoms with Crippen LogP contribution in [0.25, 0.3) is 10.9 Å². The topological polar surface area (TPSA) is 132 Å². The molecule has 3 aromatic rings. The number of carbonyl (C=O) groups excluding carboxylic acids is 1. The number of piperidine rings is 1. The van der Waals surface area contributed by atoms with Crippen LogP contribution in [0.3, 0.4) is 0 Å². The Bertz CT molecular complexity index is 1190. The summed E-state index contributed by atoms with van der Waals surface area (Å²) in [7, 11) is 0. The molecule has 0 spiro atoms. The molecule has 2 aliphatic rings. The van der Waals surface area contributed by atoms with Gasteiger partial charge in [0.1, 0.15) is 11.6 Å². The number of aromatic nitrogens is 3. The molecule has 170 valence electrons. The zero-order valence-electron chi connectivity index (χ0n) is 18.0. The zero-order valence-corrected chi connectivity index (χ0v) is 18.0. The van der Waals surface area contributed by atoms with Crippen molar-refractivity contribution in [3.05, 3.63) is 48.4 Å². The van der Waals surface area contributed by atoms with Crippen molar-refractivity contribution in [1.29, 1.82) is 0 Å². The van der Waals surface area contributed by atoms with Crippen LogP contribution in [0.5, 0.6) is 0 Å². The predicted molar refractivity (Wildman–Crippen MR) is 124 cm³/mol. The molecule has 0 atom stereocenters. The van der Waals surface area contributed by atoms with Crippen LogP contribution >= 0.6 is 0 Å². The highest BCUT2D eigenvalue weighted by atomic mass is 16.4. The fourth-order valence-corrected chi connectivity index (χ4v) is 3.92. The van der Waals surface area contributed by atoms with Crippen LogP contribution in [0.4, 0.5) is 22.1 Å². The highest BCUT2D eigenvalue weighted by Gasteiger charge is 2.27. The average Bonchev–Trinajstić information content (AvgIpc) is 3.63. The van der Waals surface area contributed by atoms with Crippen molar-refractivity contribution in [3.63, 3.8) is 0 Å². The van der Waals surface area contributed by atoms with Crippen molar-refractivity contribution in [1.82, 2.24) is 25.2 Å². The van der Waals surface area contributed by atoms with Crippen LogP contribution in [0, 0.1) is 0 Å². The summed E-state index contributed by atoms with van der Waals surface area (Å²) in [4.78, 5) is 38.6. The molecule has 10 nitrogen and oxygen atoms in total. The van der Waals surface area contributed by atoms with Gasteiger partial charge in [-0.15, -0.1) is 0 Å². The monoisotopic (exact) mass is 447 g/mol. The molecule has 0 radical (unpaired) electrons. The van der Waals surface area contributed by atoms with E-state index in [0.717, 1.165) is 29.4 Å². The Morgan fingerprint density at radius 2 is 1.82 bits per heavy atom. The van der Waals surface area contributed by atoms with E-state index >= 15 is 0 Å². The van der Waals surface area contributed by atoms with Gasteiger partial charge in [0.2, 0.25) is 0 Å². The number of nitrogens with one attached hydrogen (secondary N) is 3. The maximum Gasteiger partial charge on any atom is 0.407 e. The van der Waals surface area contributed by atoms with E-state index in [1.165, 1.54) is 4.90 Å². The second-order valence-corrected chi connectivity index (χ2v) is 8.44. The highest BCUT2D eigenvalue weighted by molar-refractivity contribution is 6.00. The molecule has 10 heteroatoms. The van der Waals surface area contributed by atoms with Gasteiger partial charge in [-0.25, -0.2) is 14.8 Å². The molecule has 1 aliphatic heterocycles. The van der Waals surface area contributed by atoms with Gasteiger partial charge in [0.05, 0.1) is 16.8 Å². The number of anilines is 3. The number of likely N-dealkylation sites (tertiary alicyclic amines) is 1. The van der Waals surface area contributed by atoms with E-state index in [0.29, 0.717) is 49.2 Å². The molecule has 0 unspecified atom stereocenters. The molecule has 1 saturated heterocycles. The number of amides is 2. The quantitative estimate of drug-likeness (QED) is 0.453. The predicted octanol–water partition coefficient (Wildman–Crippen LogP) is 3.21. The van der Waals surface area contributed by atoms with Crippen LogP contribution in [0.1, 0.15) is 36.0 Å². The van der Waals surface area contributed by atoms with E-state index in [2.05, 4.69) is 30.9 Å². The van der Waals surface area contributed by atoms with Gasteiger partial charge in [-0.1, -0.05) is 0 Å². The third kappa shape index (κ3) is 4.94. The van der Waals surface area contributed by atoms with Crippen LogP contribution in [-0.4, -0.2) is 62.1 Å². The molecule has 0 bridgehead atoms. The molecule has 3 aromatic heterocycles. The summed E-state index contributed by atoms with van der Waals surface area (Å²) < 4.78 is 0. The fraction of sp³-hybridized carbons (Fsp3) is 0.348. The summed E-state index contributed by atoms with van der Waals surface area (Å²) in [6, 6.07) is 7.79. The number of pyridine rings is 3. The lowest BCUT2D eigenvalue weighted by Crippen LogP contribution is -2.46. The number of nitrogens with zero attached hydrogens (tertiary/aromatic N) is 4. The van der Waals surface area contributed by atoms with Crippen molar-refractivity contribution >= 4 is 40.2 Å². The van der Waals surface area contributed by atoms with Crippen molar-refractivity contribution in [2.75, 3.05) is 23.7 Å². The molecule has 1 saturated carbocycles. The largest absolute Gasteiger partial charge is 0.465 e. The number of carbonyl (C=O) groups is 2. The summed E-state index contributed by atoms with van der Waals surface area (Å²) in [6.07, 6.45) is 7.45. The maximum atomic E-state index is 13.0. The van der Waals surface area contributed by atoms with Crippen LogP contribution < -0.4 is 16.0 Å². The van der Waals surface area contributed by atoms with E-state index < -0.39 is 6.09 Å². The van der Waals surface area contributed by atoms with Gasteiger partial charge >= 0.3 is 6.09 Å². The smallest absolute Gasteiger partial charge is 0.407 e. The molecule has 4 heterocycles. The number of rotatable bonds is 6. The Kier molecular flexibility index (Phi) is 5.64. The van der Waals surface area contributed by atoms with E-state index in [4.69, 9.17) is 5.11 Å². The van der Waals surface area contributed by atoms with Gasteiger partial charge < -0.3 is 26.0 Å². The molecule has 0 aromatic carbocycles. The van der Waals surface area contributed by atoms with Gasteiger partial charge in [0.15, 0.2) is 0 Å². The molecular weight excluding hydrogens is 422 g/mol. The second kappa shape index (κ2) is 8.89. The summed E-state index contributed by atoms with van der Waals surface area (Å²) in [5, 5.41) is 19.7. The first-order valence-corrected chi connectivity index (χ1v) is 11.1. The third-order valence-electron chi connectivity index (χ3n) is 5.93. The van der Waals surface area contributed by atoms with Crippen molar-refractivity contribution < 1.29 is 14.7 Å². The number of hydrogen-bond donors (Lipinski definition) is 4. The molecule has 1 aliphatic carbocycles. The normalized spacial score (nSPS) is 16.4. The fourth-order valence-electron chi connectivity index (χ4n) is 3.92. The number of hydrogen-bond acceptors (Lipinski definition) is 7. The van der Waals surface area contributed by atoms with E-state index in [9.17, 15) is 9.59 Å². The van der Waals surface area contributed by atoms with Gasteiger partial charge in [-0.2, -0.15) is 0 Å². The van der Waals surface area contributed by atoms with Gasteiger partial charge in [-0.3, -0.25) is 9.78 Å². The molecule has 2 amide bonds. The minimum atomic E-state index is -0.916. The van der Waals surface area contributed by atoms with Gasteiger partial charge in [0.25, 0.3) is 5.91 Å². The SMILES string of the molecule is O=C(NC1CCN(C(=O)O)CC1)c1cnc(Nc2ccc3cnccc3n2)cc1NC1CC1. The summed E-state index contributed by atoms with van der Waals surface area (Å²) in [6.45, 7) is 0.840. The minimum absolute atomic E-state index is 0.0593. The van der Waals surface area contributed by atoms with Gasteiger partial charge in [0, 0.05) is 55.2 Å². The Labute approximate surface area is 190 Å². The number of fused-ring (bicyclic) bond motifs is 1. The Morgan fingerprint density at radius 3 is 2.58 bits per heavy atom. The van der Waals surface area contributed by atoms with Crippen LogP contribution in [-0.2, 0) is 0 Å². The summed E-state index contributed by atoms with van der Waals surface area (Å²) in [5.41, 5.74) is 2.03. The second-order valence-electron chi connectivity index (χ2n) is 8.44. The summed E-state index contributed by atoms with van der Waals surface area (Å²) in [5.74, 6) is 1.04. The molecular formula is C23H25N7O3. The Morgan fingerprint density at radius 1 is 1.00 bits per heavy atom. The van der Waals surface area contributed by atoms with Crippen LogP contribution in [0.2, 0.25) is 0 Å². The van der Waals surface area contributed by atoms with E-state index in [-0.39, 0.29) is 11.9 Å². The lowest BCUT2D eigenvalue weighted by Gasteiger charge is -2.30. The van der Waals surface area contributed by atoms with E-state index in [1.54, 1.807) is 18.6 Å². The molecule has 33 heavy (non-hydrogen) atoms. The van der Waals surface area contributed by atoms with Crippen LogP contribution in [0.15, 0.2) is 42.9 Å². The molecule has 2 fully saturated rings. The first-order chi connectivity index (χ1) is 16.0. The van der Waals surface area contributed by atoms with Crippen molar-refractivity contribution in [2.45, 2.75) is 37.8 Å². The third-order valence-corrected chi connectivity index (χ3v) is 5.93. The standard InChI is InChI=1S/C23H25N7O3/c31-22(27-16-6-9-30(10-7-16)23(32)33)17-13-25-21(11-19(17)26-15-2-3-15)29-20-4-1-14-12-24-8-5-18(14)28-20/h1,4-5,8,11-13,15-16H,2-3,6-7,9-10H2,(H,27,31)(H,32,33)(H2,25,26,28,29). The van der Waals surface area contributed by atoms with Crippen molar-refractivity contribution in [2.24, 2.45) is 0 Å². The highest BCUT2D eigenvalue weighted by Crippen LogP contribution is 2.29. The maximum absolute atomic E-state index is 13.0. The lowest BCUT2D eigenvalue weighted by molar-refractivity contribution is 0.0908. The first-order valence-electron chi connectivity index (χ1n) is 11.1. The zero-order chi connectivity index (χ0) is 22.8. The Balaban J connectivity index is 1.31. The Hall–Kier alpha value is -3.95. The molecule has 5 rings (SSSR count). The van der Waals surface area contributed by atoms with Gasteiger partial charge in [-0.05, 0) is 43.9 Å². The number of carboxylic acid groups (broad SMARTS) is 1. The first kappa shape index (κ1) is 20.9. The van der Waals surface area contributed by atoms with E-state index in [1.807, 2.05) is 24.3 Å². The lowest BCUT2D eigenvalue weighted by atomic mass is 10.0. The average molecular weight is 447 g/mol. The van der Waals surface area contributed by atoms with Crippen molar-refractivity contribution in [3.8, 4) is 0 Å².